The second kappa shape index (κ2) is 6.01. The third-order valence-corrected chi connectivity index (χ3v) is 3.49. The van der Waals surface area contributed by atoms with Gasteiger partial charge in [0.05, 0.1) is 5.56 Å². The van der Waals surface area contributed by atoms with Gasteiger partial charge in [0, 0.05) is 22.3 Å². The largest absolute Gasteiger partial charge is 0.416 e. The van der Waals surface area contributed by atoms with E-state index in [0.29, 0.717) is 4.47 Å². The summed E-state index contributed by atoms with van der Waals surface area (Å²) < 4.78 is 64.8. The van der Waals surface area contributed by atoms with Crippen LogP contribution in [0.1, 0.15) is 11.1 Å². The Balaban J connectivity index is 2.22. The van der Waals surface area contributed by atoms with Gasteiger partial charge >= 0.3 is 6.18 Å². The van der Waals surface area contributed by atoms with Crippen LogP contribution in [0.15, 0.2) is 40.9 Å². The number of halogens is 6. The lowest BCUT2D eigenvalue weighted by molar-refractivity contribution is -0.137. The van der Waals surface area contributed by atoms with Gasteiger partial charge in [-0.3, -0.25) is 0 Å². The van der Waals surface area contributed by atoms with Crippen LogP contribution in [-0.4, -0.2) is 0 Å². The number of nitrogens with one attached hydrogen (secondary N) is 1. The molecule has 21 heavy (non-hydrogen) atoms. The molecule has 1 N–H and O–H groups in total. The van der Waals surface area contributed by atoms with E-state index in [1.165, 1.54) is 18.2 Å². The van der Waals surface area contributed by atoms with Gasteiger partial charge in [0.15, 0.2) is 11.6 Å². The molecule has 2 aromatic rings. The van der Waals surface area contributed by atoms with Crippen molar-refractivity contribution >= 4 is 21.6 Å². The highest BCUT2D eigenvalue weighted by molar-refractivity contribution is 9.10. The number of benzene rings is 2. The molecule has 0 aliphatic carbocycles. The van der Waals surface area contributed by atoms with Crippen molar-refractivity contribution in [2.75, 3.05) is 5.32 Å². The third kappa shape index (κ3) is 3.72. The lowest BCUT2D eigenvalue weighted by Crippen LogP contribution is -2.08. The summed E-state index contributed by atoms with van der Waals surface area (Å²) in [5, 5.41) is 2.66. The maximum atomic E-state index is 13.5. The van der Waals surface area contributed by atoms with Crippen LogP contribution in [0.5, 0.6) is 0 Å². The fourth-order valence-electron chi connectivity index (χ4n) is 1.71. The average molecular weight is 366 g/mol. The maximum absolute atomic E-state index is 13.5. The Kier molecular flexibility index (Phi) is 4.51. The molecule has 0 fully saturated rings. The van der Waals surface area contributed by atoms with Crippen molar-refractivity contribution in [3.05, 3.63) is 63.6 Å². The van der Waals surface area contributed by atoms with Crippen molar-refractivity contribution in [1.29, 1.82) is 0 Å². The Morgan fingerprint density at radius 2 is 1.76 bits per heavy atom. The van der Waals surface area contributed by atoms with Gasteiger partial charge in [-0.15, -0.1) is 0 Å². The summed E-state index contributed by atoms with van der Waals surface area (Å²) in [6, 6.07) is 6.73. The van der Waals surface area contributed by atoms with Crippen LogP contribution >= 0.6 is 15.9 Å². The van der Waals surface area contributed by atoms with Crippen molar-refractivity contribution in [3.63, 3.8) is 0 Å². The molecule has 0 radical (unpaired) electrons. The molecule has 112 valence electrons. The zero-order valence-corrected chi connectivity index (χ0v) is 12.0. The average Bonchev–Trinajstić information content (AvgIpc) is 2.40. The molecular formula is C14H9BrF5N. The van der Waals surface area contributed by atoms with Crippen LogP contribution in [0.3, 0.4) is 0 Å². The lowest BCUT2D eigenvalue weighted by atomic mass is 10.1. The third-order valence-electron chi connectivity index (χ3n) is 2.79. The molecule has 0 aliphatic heterocycles. The van der Waals surface area contributed by atoms with E-state index >= 15 is 0 Å². The van der Waals surface area contributed by atoms with Crippen molar-refractivity contribution in [2.24, 2.45) is 0 Å². The summed E-state index contributed by atoms with van der Waals surface area (Å²) in [6.07, 6.45) is -4.47. The van der Waals surface area contributed by atoms with E-state index in [1.807, 2.05) is 0 Å². The minimum absolute atomic E-state index is 0.0271. The summed E-state index contributed by atoms with van der Waals surface area (Å²) in [6.45, 7) is -0.135. The fraction of sp³-hybridized carbons (Fsp3) is 0.143. The highest BCUT2D eigenvalue weighted by atomic mass is 79.9. The summed E-state index contributed by atoms with van der Waals surface area (Å²) in [5.74, 6) is -2.02. The molecule has 0 saturated carbocycles. The van der Waals surface area contributed by atoms with Crippen LogP contribution in [0.25, 0.3) is 0 Å². The first-order chi connectivity index (χ1) is 9.79. The van der Waals surface area contributed by atoms with E-state index in [1.54, 1.807) is 0 Å². The van der Waals surface area contributed by atoms with Gasteiger partial charge in [-0.25, -0.2) is 8.78 Å². The van der Waals surface area contributed by atoms with Crippen LogP contribution in [-0.2, 0) is 12.7 Å². The van der Waals surface area contributed by atoms with Crippen LogP contribution < -0.4 is 5.32 Å². The monoisotopic (exact) mass is 365 g/mol. The van der Waals surface area contributed by atoms with E-state index in [-0.39, 0.29) is 17.8 Å². The number of hydrogen-bond acceptors (Lipinski definition) is 1. The van der Waals surface area contributed by atoms with Crippen LogP contribution in [0.2, 0.25) is 0 Å². The predicted molar refractivity (Wildman–Crippen MR) is 72.8 cm³/mol. The first-order valence-electron chi connectivity index (χ1n) is 5.82. The highest BCUT2D eigenvalue weighted by Crippen LogP contribution is 2.34. The first-order valence-corrected chi connectivity index (χ1v) is 6.62. The minimum atomic E-state index is -4.47. The zero-order chi connectivity index (χ0) is 15.6. The summed E-state index contributed by atoms with van der Waals surface area (Å²) in [5.41, 5.74) is -0.652. The molecule has 0 aliphatic rings. The molecular weight excluding hydrogens is 357 g/mol. The van der Waals surface area contributed by atoms with Gasteiger partial charge in [0.2, 0.25) is 0 Å². The predicted octanol–water partition coefficient (Wildman–Crippen LogP) is 5.36. The topological polar surface area (TPSA) is 12.0 Å². The lowest BCUT2D eigenvalue weighted by Gasteiger charge is -2.13. The van der Waals surface area contributed by atoms with Gasteiger partial charge in [-0.1, -0.05) is 12.1 Å². The Labute approximate surface area is 125 Å². The van der Waals surface area contributed by atoms with E-state index in [4.69, 9.17) is 0 Å². The van der Waals surface area contributed by atoms with E-state index in [0.717, 1.165) is 18.2 Å². The SMILES string of the molecule is Fc1cccc(CNc2cc(C(F)(F)F)ccc2Br)c1F. The van der Waals surface area contributed by atoms with Gasteiger partial charge in [-0.2, -0.15) is 13.2 Å². The molecule has 1 nitrogen and oxygen atoms in total. The van der Waals surface area contributed by atoms with Crippen molar-refractivity contribution in [1.82, 2.24) is 0 Å². The van der Waals surface area contributed by atoms with Crippen molar-refractivity contribution < 1.29 is 22.0 Å². The van der Waals surface area contributed by atoms with E-state index in [2.05, 4.69) is 21.2 Å². The van der Waals surface area contributed by atoms with Crippen LogP contribution in [0, 0.1) is 11.6 Å². The number of alkyl halides is 3. The first kappa shape index (κ1) is 15.8. The van der Waals surface area contributed by atoms with Crippen LogP contribution in [0.4, 0.5) is 27.6 Å². The zero-order valence-electron chi connectivity index (χ0n) is 10.4. The molecule has 0 atom stereocenters. The Hall–Kier alpha value is -1.63. The van der Waals surface area contributed by atoms with Gasteiger partial charge in [-0.05, 0) is 40.2 Å². The Morgan fingerprint density at radius 3 is 2.43 bits per heavy atom. The van der Waals surface area contributed by atoms with Gasteiger partial charge < -0.3 is 5.32 Å². The number of rotatable bonds is 3. The fourth-order valence-corrected chi connectivity index (χ4v) is 2.10. The molecule has 0 saturated heterocycles. The van der Waals surface area contributed by atoms with Crippen molar-refractivity contribution in [3.8, 4) is 0 Å². The molecule has 2 aromatic carbocycles. The minimum Gasteiger partial charge on any atom is -0.380 e. The molecule has 2 rings (SSSR count). The molecule has 0 bridgehead atoms. The number of anilines is 1. The van der Waals surface area contributed by atoms with E-state index in [9.17, 15) is 22.0 Å². The standard InChI is InChI=1S/C14H9BrF5N/c15-10-5-4-9(14(18,19)20)6-12(10)21-7-8-2-1-3-11(16)13(8)17/h1-6,21H,7H2. The quantitative estimate of drug-likeness (QED) is 0.722. The second-order valence-corrected chi connectivity index (χ2v) is 5.11. The van der Waals surface area contributed by atoms with Crippen molar-refractivity contribution in [2.45, 2.75) is 12.7 Å². The molecule has 7 heteroatoms. The summed E-state index contributed by atoms with van der Waals surface area (Å²) in [7, 11) is 0. The normalized spacial score (nSPS) is 11.5. The maximum Gasteiger partial charge on any atom is 0.416 e. The van der Waals surface area contributed by atoms with Gasteiger partial charge in [0.25, 0.3) is 0 Å². The van der Waals surface area contributed by atoms with Gasteiger partial charge in [0.1, 0.15) is 0 Å². The molecule has 0 spiro atoms. The Bertz CT molecular complexity index is 654. The highest BCUT2D eigenvalue weighted by Gasteiger charge is 2.30. The smallest absolute Gasteiger partial charge is 0.380 e. The molecule has 0 heterocycles. The summed E-state index contributed by atoms with van der Waals surface area (Å²) in [4.78, 5) is 0. The molecule has 0 amide bonds. The summed E-state index contributed by atoms with van der Waals surface area (Å²) >= 11 is 3.11. The molecule has 0 unspecified atom stereocenters. The Morgan fingerprint density at radius 1 is 1.05 bits per heavy atom. The molecule has 0 aromatic heterocycles. The second-order valence-electron chi connectivity index (χ2n) is 4.26. The van der Waals surface area contributed by atoms with E-state index < -0.39 is 23.4 Å². The number of hydrogen-bond donors (Lipinski definition) is 1.